The average molecular weight is 479 g/mol. The highest BCUT2D eigenvalue weighted by molar-refractivity contribution is 6.99. The van der Waals surface area contributed by atoms with Gasteiger partial charge in [-0.1, -0.05) is 48.5 Å². The highest BCUT2D eigenvalue weighted by atomic mass is 16.5. The van der Waals surface area contributed by atoms with Gasteiger partial charge in [-0.3, -0.25) is 0 Å². The Morgan fingerprint density at radius 1 is 0.676 bits per heavy atom. The van der Waals surface area contributed by atoms with Crippen LogP contribution in [0.25, 0.3) is 0 Å². The first-order valence-corrected chi connectivity index (χ1v) is 13.9. The maximum atomic E-state index is 7.00. The molecule has 4 aromatic rings. The van der Waals surface area contributed by atoms with Crippen LogP contribution in [0, 0.1) is 17.8 Å². The molecule has 4 aromatic carbocycles. The highest BCUT2D eigenvalue weighted by Crippen LogP contribution is 2.66. The van der Waals surface area contributed by atoms with Crippen LogP contribution in [0.1, 0.15) is 37.7 Å². The molecule has 178 valence electrons. The molecule has 0 saturated heterocycles. The maximum absolute atomic E-state index is 7.00. The lowest BCUT2D eigenvalue weighted by molar-refractivity contribution is 0.225. The average Bonchev–Trinajstić information content (AvgIpc) is 3.36. The zero-order chi connectivity index (χ0) is 23.9. The summed E-state index contributed by atoms with van der Waals surface area (Å²) in [6.45, 7) is 0.140. The summed E-state index contributed by atoms with van der Waals surface area (Å²) in [6, 6.07) is 28.6. The zero-order valence-corrected chi connectivity index (χ0v) is 20.6. The summed E-state index contributed by atoms with van der Waals surface area (Å²) >= 11 is 0. The van der Waals surface area contributed by atoms with Crippen LogP contribution in [0.3, 0.4) is 0 Å². The second kappa shape index (κ2) is 6.42. The van der Waals surface area contributed by atoms with Crippen molar-refractivity contribution in [2.24, 2.45) is 17.8 Å². The Kier molecular flexibility index (Phi) is 3.38. The van der Waals surface area contributed by atoms with Gasteiger partial charge >= 0.3 is 0 Å². The normalized spacial score (nSPS) is 28.2. The minimum absolute atomic E-state index is 0.140. The van der Waals surface area contributed by atoms with Crippen molar-refractivity contribution in [2.45, 2.75) is 37.5 Å². The van der Waals surface area contributed by atoms with Gasteiger partial charge in [-0.05, 0) is 96.5 Å². The van der Waals surface area contributed by atoms with Gasteiger partial charge in [-0.25, -0.2) is 0 Å². The summed E-state index contributed by atoms with van der Waals surface area (Å²) in [5, 5.41) is 0. The second-order valence-corrected chi connectivity index (χ2v) is 12.3. The Balaban J connectivity index is 1.23. The number of para-hydroxylation sites is 4. The van der Waals surface area contributed by atoms with Gasteiger partial charge in [0.2, 0.25) is 0 Å². The van der Waals surface area contributed by atoms with Crippen molar-refractivity contribution >= 4 is 40.2 Å². The largest absolute Gasteiger partial charge is 0.458 e. The fraction of sp³-hybridized carbons (Fsp3) is 0.273. The van der Waals surface area contributed by atoms with Gasteiger partial charge < -0.3 is 14.4 Å². The summed E-state index contributed by atoms with van der Waals surface area (Å²) in [6.07, 6.45) is 6.97. The first-order chi connectivity index (χ1) is 18.3. The van der Waals surface area contributed by atoms with Gasteiger partial charge in [0.05, 0.1) is 11.4 Å². The molecule has 2 atom stereocenters. The Morgan fingerprint density at radius 3 is 2.30 bits per heavy atom. The minimum Gasteiger partial charge on any atom is -0.458 e. The molecule has 0 amide bonds. The summed E-state index contributed by atoms with van der Waals surface area (Å²) in [5.41, 5.74) is 9.15. The lowest BCUT2D eigenvalue weighted by Gasteiger charge is -2.45. The van der Waals surface area contributed by atoms with Crippen LogP contribution in [-0.4, -0.2) is 6.71 Å². The monoisotopic (exact) mass is 479 g/mol. The fourth-order valence-corrected chi connectivity index (χ4v) is 9.45. The van der Waals surface area contributed by atoms with E-state index >= 15 is 0 Å². The van der Waals surface area contributed by atoms with E-state index in [1.165, 1.54) is 59.7 Å². The molecule has 4 fully saturated rings. The quantitative estimate of drug-likeness (QED) is 0.259. The van der Waals surface area contributed by atoms with Crippen LogP contribution in [0.2, 0.25) is 0 Å². The standard InChI is InChI=1S/C33H26BNO2/c1-2-9-25-23(7-1)34-24-8-5-6-22(33-16-19-14-20(17-33)21(15-19)18-33)32(24)37-28-12-13-29-31(30(28)34)35(25)26-10-3-4-11-27(26)36-29/h1-13,19-21H,14-18H2. The number of anilines is 3. The van der Waals surface area contributed by atoms with Crippen LogP contribution < -0.4 is 30.8 Å². The molecular formula is C33H26BNO2. The molecule has 4 heteroatoms. The number of ether oxygens (including phenoxy) is 2. The van der Waals surface area contributed by atoms with E-state index in [-0.39, 0.29) is 6.71 Å². The molecule has 37 heavy (non-hydrogen) atoms. The van der Waals surface area contributed by atoms with Crippen molar-refractivity contribution in [3.05, 3.63) is 84.4 Å². The van der Waals surface area contributed by atoms with Gasteiger partial charge in [-0.2, -0.15) is 0 Å². The summed E-state index contributed by atoms with van der Waals surface area (Å²) in [4.78, 5) is 2.39. The molecule has 0 spiro atoms. The topological polar surface area (TPSA) is 21.7 Å². The number of hydrogen-bond donors (Lipinski definition) is 0. The SMILES string of the molecule is c1ccc2c(c1)Oc1ccc3c4c1N2c1ccccc1B4c1cccc(C24CC5CC(C2)C(C5)C4)c1O3. The Bertz CT molecular complexity index is 1660. The first kappa shape index (κ1) is 19.5. The van der Waals surface area contributed by atoms with Crippen LogP contribution in [0.15, 0.2) is 78.9 Å². The molecule has 7 aliphatic rings. The third-order valence-corrected chi connectivity index (χ3v) is 10.5. The van der Waals surface area contributed by atoms with Crippen LogP contribution in [-0.2, 0) is 5.41 Å². The molecule has 0 aromatic heterocycles. The molecule has 4 bridgehead atoms. The molecule has 11 rings (SSSR count). The Hall–Kier alpha value is -3.66. The van der Waals surface area contributed by atoms with Crippen LogP contribution in [0.5, 0.6) is 23.0 Å². The predicted molar refractivity (Wildman–Crippen MR) is 148 cm³/mol. The van der Waals surface area contributed by atoms with Crippen molar-refractivity contribution in [3.8, 4) is 23.0 Å². The fourth-order valence-electron chi connectivity index (χ4n) is 9.45. The number of hydrogen-bond acceptors (Lipinski definition) is 3. The number of nitrogens with zero attached hydrogens (tertiary/aromatic N) is 1. The second-order valence-electron chi connectivity index (χ2n) is 12.3. The van der Waals surface area contributed by atoms with Crippen molar-refractivity contribution in [1.29, 1.82) is 0 Å². The van der Waals surface area contributed by atoms with E-state index in [1.807, 2.05) is 6.07 Å². The Morgan fingerprint density at radius 2 is 1.43 bits per heavy atom. The molecule has 3 nitrogen and oxygen atoms in total. The lowest BCUT2D eigenvalue weighted by Crippen LogP contribution is -2.60. The summed E-state index contributed by atoms with van der Waals surface area (Å²) < 4.78 is 13.5. The van der Waals surface area contributed by atoms with Crippen molar-refractivity contribution in [2.75, 3.05) is 4.90 Å². The molecule has 0 radical (unpaired) electrons. The van der Waals surface area contributed by atoms with Crippen molar-refractivity contribution < 1.29 is 9.47 Å². The van der Waals surface area contributed by atoms with Crippen molar-refractivity contribution in [3.63, 3.8) is 0 Å². The van der Waals surface area contributed by atoms with E-state index in [9.17, 15) is 0 Å². The predicted octanol–water partition coefficient (Wildman–Crippen LogP) is 6.28. The molecule has 4 aliphatic carbocycles. The van der Waals surface area contributed by atoms with Gasteiger partial charge in [0.25, 0.3) is 6.71 Å². The molecule has 3 heterocycles. The lowest BCUT2D eigenvalue weighted by atomic mass is 9.34. The van der Waals surface area contributed by atoms with E-state index in [2.05, 4.69) is 77.7 Å². The smallest absolute Gasteiger partial charge is 0.256 e. The highest BCUT2D eigenvalue weighted by Gasteiger charge is 2.58. The van der Waals surface area contributed by atoms with Gasteiger partial charge in [-0.15, -0.1) is 0 Å². The molecule has 3 aliphatic heterocycles. The number of rotatable bonds is 1. The van der Waals surface area contributed by atoms with Crippen LogP contribution in [0.4, 0.5) is 17.1 Å². The first-order valence-electron chi connectivity index (χ1n) is 13.9. The van der Waals surface area contributed by atoms with E-state index in [0.29, 0.717) is 5.41 Å². The maximum Gasteiger partial charge on any atom is 0.256 e. The molecule has 2 unspecified atom stereocenters. The molecule has 0 N–H and O–H groups in total. The molecule has 4 saturated carbocycles. The summed E-state index contributed by atoms with van der Waals surface area (Å²) in [7, 11) is 0. The van der Waals surface area contributed by atoms with E-state index < -0.39 is 0 Å². The van der Waals surface area contributed by atoms with Gasteiger partial charge in [0.15, 0.2) is 11.5 Å². The van der Waals surface area contributed by atoms with Crippen LogP contribution >= 0.6 is 0 Å². The van der Waals surface area contributed by atoms with E-state index in [0.717, 1.165) is 52.1 Å². The summed E-state index contributed by atoms with van der Waals surface area (Å²) in [5.74, 6) is 6.70. The van der Waals surface area contributed by atoms with Gasteiger partial charge in [0, 0.05) is 16.7 Å². The Labute approximate surface area is 217 Å². The minimum atomic E-state index is 0.140. The molecular weight excluding hydrogens is 453 g/mol. The number of fused-ring (bicyclic) bond motifs is 7. The third-order valence-electron chi connectivity index (χ3n) is 10.5. The zero-order valence-electron chi connectivity index (χ0n) is 20.6. The van der Waals surface area contributed by atoms with E-state index in [4.69, 9.17) is 9.47 Å². The third kappa shape index (κ3) is 2.28. The van der Waals surface area contributed by atoms with E-state index in [1.54, 1.807) is 0 Å². The van der Waals surface area contributed by atoms with Gasteiger partial charge in [0.1, 0.15) is 11.5 Å². The number of benzene rings is 4. The van der Waals surface area contributed by atoms with Crippen molar-refractivity contribution in [1.82, 2.24) is 0 Å².